The van der Waals surface area contributed by atoms with Crippen molar-refractivity contribution >= 4 is 38.9 Å². The van der Waals surface area contributed by atoms with Crippen LogP contribution >= 0.6 is 22.9 Å². The first-order valence-corrected chi connectivity index (χ1v) is 7.33. The van der Waals surface area contributed by atoms with E-state index >= 15 is 0 Å². The highest BCUT2D eigenvalue weighted by molar-refractivity contribution is 7.94. The average Bonchev–Trinajstić information content (AvgIpc) is 2.77. The molecule has 0 aromatic carbocycles. The molecule has 0 aliphatic heterocycles. The summed E-state index contributed by atoms with van der Waals surface area (Å²) < 4.78 is 31.4. The zero-order valence-electron chi connectivity index (χ0n) is 9.12. The van der Waals surface area contributed by atoms with E-state index in [1.54, 1.807) is 0 Å². The minimum absolute atomic E-state index is 0.0275. The molecule has 0 radical (unpaired) electrons. The van der Waals surface area contributed by atoms with Gasteiger partial charge in [-0.3, -0.25) is 0 Å². The Kier molecular flexibility index (Phi) is 3.69. The summed E-state index contributed by atoms with van der Waals surface area (Å²) in [6.45, 7) is 0. The summed E-state index contributed by atoms with van der Waals surface area (Å²) in [5.41, 5.74) is 0. The second kappa shape index (κ2) is 5.09. The maximum Gasteiger partial charge on any atom is 0.273 e. The Hall–Kier alpha value is -1.38. The molecule has 0 aliphatic rings. The quantitative estimate of drug-likeness (QED) is 0.934. The number of halogens is 1. The summed E-state index contributed by atoms with van der Waals surface area (Å²) in [5, 5.41) is 0. The molecular formula is C9H8ClN3O3S2. The Morgan fingerprint density at radius 1 is 1.33 bits per heavy atom. The Morgan fingerprint density at radius 2 is 2.00 bits per heavy atom. The monoisotopic (exact) mass is 305 g/mol. The number of nitrogens with zero attached hydrogens (tertiary/aromatic N) is 2. The van der Waals surface area contributed by atoms with Crippen molar-refractivity contribution in [3.8, 4) is 5.75 Å². The normalized spacial score (nSPS) is 11.2. The van der Waals surface area contributed by atoms with Crippen LogP contribution in [0.2, 0.25) is 4.34 Å². The molecule has 96 valence electrons. The molecule has 1 N–H and O–H groups in total. The minimum atomic E-state index is -3.69. The summed E-state index contributed by atoms with van der Waals surface area (Å²) in [6, 6.07) is 2.93. The Bertz CT molecular complexity index is 639. The molecule has 0 fully saturated rings. The van der Waals surface area contributed by atoms with Crippen LogP contribution in [-0.2, 0) is 10.0 Å². The third kappa shape index (κ3) is 2.89. The highest BCUT2D eigenvalue weighted by Crippen LogP contribution is 2.26. The molecule has 9 heteroatoms. The van der Waals surface area contributed by atoms with Crippen LogP contribution in [-0.4, -0.2) is 25.5 Å². The van der Waals surface area contributed by atoms with Gasteiger partial charge in [0.25, 0.3) is 10.0 Å². The number of methoxy groups -OCH3 is 1. The largest absolute Gasteiger partial charge is 0.494 e. The second-order valence-corrected chi connectivity index (χ2v) is 6.73. The van der Waals surface area contributed by atoms with Crippen molar-refractivity contribution in [2.75, 3.05) is 11.8 Å². The molecular weight excluding hydrogens is 298 g/mol. The van der Waals surface area contributed by atoms with E-state index in [2.05, 4.69) is 14.7 Å². The fourth-order valence-corrected chi connectivity index (χ4v) is 3.53. The fourth-order valence-electron chi connectivity index (χ4n) is 1.09. The SMILES string of the molecule is COc1cnc(NS(=O)(=O)c2ccc(Cl)s2)nc1. The van der Waals surface area contributed by atoms with Gasteiger partial charge in [0.05, 0.1) is 23.8 Å². The van der Waals surface area contributed by atoms with Crippen molar-refractivity contribution in [1.82, 2.24) is 9.97 Å². The Morgan fingerprint density at radius 3 is 2.50 bits per heavy atom. The van der Waals surface area contributed by atoms with Gasteiger partial charge in [0.15, 0.2) is 5.75 Å². The van der Waals surface area contributed by atoms with Gasteiger partial charge in [0, 0.05) is 0 Å². The molecule has 0 aliphatic carbocycles. The lowest BCUT2D eigenvalue weighted by Gasteiger charge is -2.04. The van der Waals surface area contributed by atoms with E-state index in [1.165, 1.54) is 31.6 Å². The molecule has 0 unspecified atom stereocenters. The van der Waals surface area contributed by atoms with E-state index in [1.807, 2.05) is 0 Å². The molecule has 0 atom stereocenters. The van der Waals surface area contributed by atoms with Crippen LogP contribution in [0, 0.1) is 0 Å². The molecule has 6 nitrogen and oxygen atoms in total. The number of thiophene rings is 1. The summed E-state index contributed by atoms with van der Waals surface area (Å²) in [6.07, 6.45) is 2.73. The zero-order valence-corrected chi connectivity index (χ0v) is 11.5. The second-order valence-electron chi connectivity index (χ2n) is 3.11. The number of hydrogen-bond donors (Lipinski definition) is 1. The molecule has 0 spiro atoms. The van der Waals surface area contributed by atoms with Crippen LogP contribution in [0.3, 0.4) is 0 Å². The van der Waals surface area contributed by atoms with Gasteiger partial charge in [0.1, 0.15) is 4.21 Å². The molecule has 0 amide bonds. The lowest BCUT2D eigenvalue weighted by molar-refractivity contribution is 0.411. The van der Waals surface area contributed by atoms with Crippen molar-refractivity contribution in [1.29, 1.82) is 0 Å². The average molecular weight is 306 g/mol. The highest BCUT2D eigenvalue weighted by Gasteiger charge is 2.17. The van der Waals surface area contributed by atoms with E-state index in [4.69, 9.17) is 16.3 Å². The lowest BCUT2D eigenvalue weighted by Crippen LogP contribution is -2.13. The molecule has 2 aromatic heterocycles. The van der Waals surface area contributed by atoms with Crippen molar-refractivity contribution in [3.05, 3.63) is 28.9 Å². The topological polar surface area (TPSA) is 81.2 Å². The molecule has 0 saturated heterocycles. The molecule has 2 rings (SSSR count). The Labute approximate surface area is 113 Å². The number of aromatic nitrogens is 2. The van der Waals surface area contributed by atoms with E-state index in [0.717, 1.165) is 11.3 Å². The standard InChI is InChI=1S/C9H8ClN3O3S2/c1-16-6-4-11-9(12-5-6)13-18(14,15)8-3-2-7(10)17-8/h2-5H,1H3,(H,11,12,13). The summed E-state index contributed by atoms with van der Waals surface area (Å²) in [4.78, 5) is 7.62. The van der Waals surface area contributed by atoms with E-state index in [9.17, 15) is 8.42 Å². The number of hydrogen-bond acceptors (Lipinski definition) is 6. The van der Waals surface area contributed by atoms with Crippen LogP contribution in [0.5, 0.6) is 5.75 Å². The van der Waals surface area contributed by atoms with Crippen molar-refractivity contribution in [2.24, 2.45) is 0 Å². The van der Waals surface area contributed by atoms with E-state index in [0.29, 0.717) is 10.1 Å². The van der Waals surface area contributed by atoms with Crippen LogP contribution in [0.1, 0.15) is 0 Å². The van der Waals surface area contributed by atoms with Crippen LogP contribution in [0.15, 0.2) is 28.7 Å². The first-order valence-electron chi connectivity index (χ1n) is 4.65. The Balaban J connectivity index is 2.22. The summed E-state index contributed by atoms with van der Waals surface area (Å²) in [7, 11) is -2.23. The maximum atomic E-state index is 11.9. The molecule has 2 aromatic rings. The van der Waals surface area contributed by atoms with Gasteiger partial charge >= 0.3 is 0 Å². The third-order valence-corrected chi connectivity index (χ3v) is 4.95. The van der Waals surface area contributed by atoms with Crippen LogP contribution < -0.4 is 9.46 Å². The van der Waals surface area contributed by atoms with E-state index in [-0.39, 0.29) is 10.2 Å². The van der Waals surface area contributed by atoms with Gasteiger partial charge in [-0.05, 0) is 12.1 Å². The number of ether oxygens (including phenoxy) is 1. The van der Waals surface area contributed by atoms with Gasteiger partial charge in [-0.1, -0.05) is 11.6 Å². The summed E-state index contributed by atoms with van der Waals surface area (Å²) >= 11 is 6.64. The molecule has 18 heavy (non-hydrogen) atoms. The molecule has 0 saturated carbocycles. The number of nitrogens with one attached hydrogen (secondary N) is 1. The first-order chi connectivity index (χ1) is 8.51. The zero-order chi connectivity index (χ0) is 13.2. The van der Waals surface area contributed by atoms with Gasteiger partial charge in [-0.25, -0.2) is 23.1 Å². The third-order valence-electron chi connectivity index (χ3n) is 1.90. The smallest absolute Gasteiger partial charge is 0.273 e. The van der Waals surface area contributed by atoms with Gasteiger partial charge < -0.3 is 4.74 Å². The van der Waals surface area contributed by atoms with E-state index < -0.39 is 10.0 Å². The van der Waals surface area contributed by atoms with Crippen molar-refractivity contribution < 1.29 is 13.2 Å². The minimum Gasteiger partial charge on any atom is -0.494 e. The predicted molar refractivity (Wildman–Crippen MR) is 68.7 cm³/mol. The van der Waals surface area contributed by atoms with Gasteiger partial charge in [-0.15, -0.1) is 11.3 Å². The fraction of sp³-hybridized carbons (Fsp3) is 0.111. The number of rotatable bonds is 4. The maximum absolute atomic E-state index is 11.9. The van der Waals surface area contributed by atoms with Crippen LogP contribution in [0.4, 0.5) is 5.95 Å². The van der Waals surface area contributed by atoms with Gasteiger partial charge in [-0.2, -0.15) is 0 Å². The van der Waals surface area contributed by atoms with Crippen LogP contribution in [0.25, 0.3) is 0 Å². The number of anilines is 1. The van der Waals surface area contributed by atoms with Crippen molar-refractivity contribution in [3.63, 3.8) is 0 Å². The molecule has 2 heterocycles. The highest BCUT2D eigenvalue weighted by atomic mass is 35.5. The summed E-state index contributed by atoms with van der Waals surface area (Å²) in [5.74, 6) is 0.414. The predicted octanol–water partition coefficient (Wildman–Crippen LogP) is 2.00. The molecule has 0 bridgehead atoms. The van der Waals surface area contributed by atoms with Gasteiger partial charge in [0.2, 0.25) is 5.95 Å². The lowest BCUT2D eigenvalue weighted by atomic mass is 10.6. The first kappa shape index (κ1) is 13.1. The van der Waals surface area contributed by atoms with Crippen molar-refractivity contribution in [2.45, 2.75) is 4.21 Å². The number of sulfonamides is 1.